The lowest BCUT2D eigenvalue weighted by molar-refractivity contribution is 0.101. The zero-order valence-electron chi connectivity index (χ0n) is 14.2. The molecule has 3 aromatic heterocycles. The Bertz CT molecular complexity index is 1050. The van der Waals surface area contributed by atoms with E-state index in [9.17, 15) is 4.79 Å². The summed E-state index contributed by atoms with van der Waals surface area (Å²) in [6.45, 7) is 2.36. The van der Waals surface area contributed by atoms with E-state index in [1.165, 1.54) is 16.9 Å². The molecule has 0 aliphatic rings. The van der Waals surface area contributed by atoms with Crippen LogP contribution in [-0.4, -0.2) is 31.9 Å². The molecule has 0 spiro atoms. The quantitative estimate of drug-likeness (QED) is 0.529. The van der Waals surface area contributed by atoms with Crippen molar-refractivity contribution in [1.29, 1.82) is 0 Å². The Balaban J connectivity index is 1.53. The molecule has 6 nitrogen and oxygen atoms in total. The maximum absolute atomic E-state index is 11.6. The first-order chi connectivity index (χ1) is 12.7. The van der Waals surface area contributed by atoms with Crippen LogP contribution in [0, 0.1) is 0 Å². The first-order valence-electron chi connectivity index (χ1n) is 8.29. The molecule has 0 saturated heterocycles. The number of carbonyl (C=O) groups is 1. The van der Waals surface area contributed by atoms with Crippen LogP contribution < -0.4 is 5.32 Å². The number of aromatic nitrogens is 4. The average molecular weight is 363 g/mol. The third-order valence-corrected chi connectivity index (χ3v) is 4.97. The number of imidazole rings is 1. The monoisotopic (exact) mass is 363 g/mol. The van der Waals surface area contributed by atoms with Crippen molar-refractivity contribution in [2.45, 2.75) is 13.3 Å². The summed E-state index contributed by atoms with van der Waals surface area (Å²) in [5.74, 6) is 0.0457. The van der Waals surface area contributed by atoms with Gasteiger partial charge in [0, 0.05) is 30.1 Å². The molecule has 26 heavy (non-hydrogen) atoms. The maximum atomic E-state index is 11.6. The van der Waals surface area contributed by atoms with Crippen molar-refractivity contribution in [2.24, 2.45) is 0 Å². The number of fused-ring (bicyclic) bond motifs is 1. The van der Waals surface area contributed by atoms with Gasteiger partial charge in [0.25, 0.3) is 0 Å². The lowest BCUT2D eigenvalue weighted by Gasteiger charge is -2.03. The standard InChI is InChI=1S/C19H17N5OS/c1-13(25)15-3-2-4-16(11-15)17-12-22-19-24(17)23-18(26-19)21-10-7-14-5-8-20-9-6-14/h2-6,8-9,11-12H,7,10H2,1H3,(H,21,23). The Kier molecular flexibility index (Phi) is 4.45. The molecule has 0 fully saturated rings. The third kappa shape index (κ3) is 3.34. The molecule has 7 heteroatoms. The Morgan fingerprint density at radius 3 is 2.88 bits per heavy atom. The average Bonchev–Trinajstić information content (AvgIpc) is 3.23. The van der Waals surface area contributed by atoms with E-state index < -0.39 is 0 Å². The first kappa shape index (κ1) is 16.4. The summed E-state index contributed by atoms with van der Waals surface area (Å²) in [7, 11) is 0. The molecule has 4 rings (SSSR count). The fourth-order valence-corrected chi connectivity index (χ4v) is 3.52. The molecule has 1 aromatic carbocycles. The number of rotatable bonds is 6. The van der Waals surface area contributed by atoms with Crippen molar-refractivity contribution < 1.29 is 4.79 Å². The minimum atomic E-state index is 0.0457. The van der Waals surface area contributed by atoms with Crippen LogP contribution in [0.5, 0.6) is 0 Å². The highest BCUT2D eigenvalue weighted by molar-refractivity contribution is 7.20. The molecule has 0 unspecified atom stereocenters. The van der Waals surface area contributed by atoms with Crippen LogP contribution >= 0.6 is 11.3 Å². The molecule has 0 aliphatic carbocycles. The molecule has 0 aliphatic heterocycles. The second-order valence-corrected chi connectivity index (χ2v) is 6.87. The van der Waals surface area contributed by atoms with Gasteiger partial charge in [0.15, 0.2) is 5.78 Å². The summed E-state index contributed by atoms with van der Waals surface area (Å²) in [5, 5.41) is 8.79. The lowest BCUT2D eigenvalue weighted by Crippen LogP contribution is -2.05. The summed E-state index contributed by atoms with van der Waals surface area (Å²) < 4.78 is 1.82. The van der Waals surface area contributed by atoms with E-state index in [0.29, 0.717) is 5.56 Å². The van der Waals surface area contributed by atoms with E-state index in [1.54, 1.807) is 25.5 Å². The lowest BCUT2D eigenvalue weighted by atomic mass is 10.1. The van der Waals surface area contributed by atoms with Crippen molar-refractivity contribution in [3.8, 4) is 11.3 Å². The highest BCUT2D eigenvalue weighted by Crippen LogP contribution is 2.26. The third-order valence-electron chi connectivity index (χ3n) is 4.09. The second kappa shape index (κ2) is 7.05. The minimum absolute atomic E-state index is 0.0457. The fourth-order valence-electron chi connectivity index (χ4n) is 2.72. The van der Waals surface area contributed by atoms with Crippen molar-refractivity contribution in [2.75, 3.05) is 11.9 Å². The molecule has 0 atom stereocenters. The molecule has 4 aromatic rings. The van der Waals surface area contributed by atoms with Gasteiger partial charge in [-0.2, -0.15) is 0 Å². The first-order valence-corrected chi connectivity index (χ1v) is 9.11. The molecular weight excluding hydrogens is 346 g/mol. The fraction of sp³-hybridized carbons (Fsp3) is 0.158. The summed E-state index contributed by atoms with van der Waals surface area (Å²) in [4.78, 5) is 20.9. The number of nitrogens with one attached hydrogen (secondary N) is 1. The Labute approximate surface area is 154 Å². The summed E-state index contributed by atoms with van der Waals surface area (Å²) in [6.07, 6.45) is 6.29. The number of pyridine rings is 1. The van der Waals surface area contributed by atoms with Crippen molar-refractivity contribution in [3.63, 3.8) is 0 Å². The maximum Gasteiger partial charge on any atom is 0.214 e. The van der Waals surface area contributed by atoms with Crippen LogP contribution in [0.25, 0.3) is 16.2 Å². The van der Waals surface area contributed by atoms with Crippen LogP contribution in [0.15, 0.2) is 55.0 Å². The van der Waals surface area contributed by atoms with Crippen LogP contribution in [0.3, 0.4) is 0 Å². The normalized spacial score (nSPS) is 11.0. The van der Waals surface area contributed by atoms with Gasteiger partial charge in [0.2, 0.25) is 10.1 Å². The van der Waals surface area contributed by atoms with Gasteiger partial charge in [0.1, 0.15) is 0 Å². The number of nitrogens with zero attached hydrogens (tertiary/aromatic N) is 4. The molecule has 130 valence electrons. The smallest absolute Gasteiger partial charge is 0.214 e. The van der Waals surface area contributed by atoms with Gasteiger partial charge >= 0.3 is 0 Å². The number of Topliss-reactive ketones (excluding diaryl/α,β-unsaturated/α-hetero) is 1. The van der Waals surface area contributed by atoms with Crippen molar-refractivity contribution in [1.82, 2.24) is 19.6 Å². The van der Waals surface area contributed by atoms with Crippen molar-refractivity contribution in [3.05, 3.63) is 66.1 Å². The summed E-state index contributed by atoms with van der Waals surface area (Å²) >= 11 is 1.51. The highest BCUT2D eigenvalue weighted by Gasteiger charge is 2.12. The zero-order valence-corrected chi connectivity index (χ0v) is 15.0. The molecule has 0 amide bonds. The zero-order chi connectivity index (χ0) is 17.9. The molecule has 0 bridgehead atoms. The van der Waals surface area contributed by atoms with E-state index >= 15 is 0 Å². The van der Waals surface area contributed by atoms with Crippen LogP contribution in [0.1, 0.15) is 22.8 Å². The molecule has 0 radical (unpaired) electrons. The van der Waals surface area contributed by atoms with Gasteiger partial charge in [-0.1, -0.05) is 29.5 Å². The molecular formula is C19H17N5OS. The van der Waals surface area contributed by atoms with E-state index in [4.69, 9.17) is 0 Å². The highest BCUT2D eigenvalue weighted by atomic mass is 32.1. The number of benzene rings is 1. The summed E-state index contributed by atoms with van der Waals surface area (Å²) in [6, 6.07) is 11.6. The van der Waals surface area contributed by atoms with Gasteiger partial charge in [0.05, 0.1) is 11.9 Å². The van der Waals surface area contributed by atoms with Gasteiger partial charge in [-0.25, -0.2) is 9.50 Å². The number of carbonyl (C=O) groups excluding carboxylic acids is 1. The van der Waals surface area contributed by atoms with Gasteiger partial charge < -0.3 is 5.32 Å². The van der Waals surface area contributed by atoms with E-state index in [-0.39, 0.29) is 5.78 Å². The molecule has 0 saturated carbocycles. The molecule has 3 heterocycles. The number of hydrogen-bond acceptors (Lipinski definition) is 6. The second-order valence-electron chi connectivity index (χ2n) is 5.91. The van der Waals surface area contributed by atoms with Crippen LogP contribution in [-0.2, 0) is 6.42 Å². The predicted molar refractivity (Wildman–Crippen MR) is 103 cm³/mol. The Morgan fingerprint density at radius 1 is 1.23 bits per heavy atom. The number of hydrogen-bond donors (Lipinski definition) is 1. The van der Waals surface area contributed by atoms with Gasteiger partial charge in [-0.3, -0.25) is 9.78 Å². The van der Waals surface area contributed by atoms with E-state index in [2.05, 4.69) is 20.4 Å². The minimum Gasteiger partial charge on any atom is -0.360 e. The number of anilines is 1. The Morgan fingerprint density at radius 2 is 2.08 bits per heavy atom. The van der Waals surface area contributed by atoms with Crippen LogP contribution in [0.4, 0.5) is 5.13 Å². The summed E-state index contributed by atoms with van der Waals surface area (Å²) in [5.41, 5.74) is 3.72. The van der Waals surface area contributed by atoms with Gasteiger partial charge in [-0.15, -0.1) is 5.10 Å². The largest absolute Gasteiger partial charge is 0.360 e. The SMILES string of the molecule is CC(=O)c1cccc(-c2cnc3sc(NCCc4ccncc4)nn23)c1. The Hall–Kier alpha value is -3.06. The van der Waals surface area contributed by atoms with E-state index in [1.807, 2.05) is 40.9 Å². The van der Waals surface area contributed by atoms with Gasteiger partial charge in [-0.05, 0) is 37.1 Å². The van der Waals surface area contributed by atoms with Crippen LogP contribution in [0.2, 0.25) is 0 Å². The van der Waals surface area contributed by atoms with Crippen molar-refractivity contribution >= 4 is 27.2 Å². The topological polar surface area (TPSA) is 72.2 Å². The number of ketones is 1. The molecule has 1 N–H and O–H groups in total. The predicted octanol–water partition coefficient (Wildman–Crippen LogP) is 3.71. The van der Waals surface area contributed by atoms with E-state index in [0.717, 1.165) is 34.3 Å².